The lowest BCUT2D eigenvalue weighted by atomic mass is 10.3. The van der Waals surface area contributed by atoms with E-state index in [9.17, 15) is 14.0 Å². The summed E-state index contributed by atoms with van der Waals surface area (Å²) in [5.74, 6) is -0.688. The topological polar surface area (TPSA) is 126 Å². The minimum Gasteiger partial charge on any atom is -0.399 e. The molecule has 11 nitrogen and oxygen atoms in total. The van der Waals surface area contributed by atoms with E-state index < -0.39 is 11.7 Å². The summed E-state index contributed by atoms with van der Waals surface area (Å²) >= 11 is 0. The zero-order valence-electron chi connectivity index (χ0n) is 17.8. The molecule has 0 spiro atoms. The van der Waals surface area contributed by atoms with Gasteiger partial charge in [0.15, 0.2) is 0 Å². The molecular formula is C21H22FN7O4. The Morgan fingerprint density at radius 1 is 1.12 bits per heavy atom. The van der Waals surface area contributed by atoms with Gasteiger partial charge in [0.2, 0.25) is 5.91 Å². The van der Waals surface area contributed by atoms with Gasteiger partial charge in [0.1, 0.15) is 18.2 Å². The highest BCUT2D eigenvalue weighted by Crippen LogP contribution is 2.20. The molecule has 1 aliphatic heterocycles. The number of nitrogens with one attached hydrogen (secondary N) is 2. The molecule has 1 aliphatic rings. The minimum atomic E-state index is -0.621. The number of hydrogen-bond donors (Lipinski definition) is 2. The molecule has 33 heavy (non-hydrogen) atoms. The monoisotopic (exact) mass is 455 g/mol. The van der Waals surface area contributed by atoms with E-state index in [4.69, 9.17) is 9.15 Å². The van der Waals surface area contributed by atoms with Crippen molar-refractivity contribution in [3.63, 3.8) is 0 Å². The van der Waals surface area contributed by atoms with Crippen LogP contribution in [0.3, 0.4) is 0 Å². The van der Waals surface area contributed by atoms with Crippen LogP contribution >= 0.6 is 0 Å². The largest absolute Gasteiger partial charge is 0.399 e. The molecule has 172 valence electrons. The number of piperazine rings is 1. The second-order valence-corrected chi connectivity index (χ2v) is 7.18. The van der Waals surface area contributed by atoms with Gasteiger partial charge in [-0.05, 0) is 24.3 Å². The van der Waals surface area contributed by atoms with Crippen molar-refractivity contribution in [2.75, 3.05) is 55.4 Å². The summed E-state index contributed by atoms with van der Waals surface area (Å²) in [5.41, 5.74) is 0.594. The lowest BCUT2D eigenvalue weighted by molar-refractivity contribution is -0.135. The average molecular weight is 455 g/mol. The van der Waals surface area contributed by atoms with Crippen molar-refractivity contribution in [1.82, 2.24) is 20.1 Å². The molecule has 3 heterocycles. The SMILES string of the molecule is COCC(=O)N1CCN(c2ccc(NC(=O)c3nnc(Nc4ccccc4F)o3)cn2)CC1. The molecule has 2 aromatic heterocycles. The van der Waals surface area contributed by atoms with Crippen LogP contribution in [0.5, 0.6) is 0 Å². The number of ether oxygens (including phenoxy) is 1. The predicted octanol–water partition coefficient (Wildman–Crippen LogP) is 1.89. The third-order valence-corrected chi connectivity index (χ3v) is 4.96. The number of hydrogen-bond acceptors (Lipinski definition) is 9. The van der Waals surface area contributed by atoms with Crippen molar-refractivity contribution in [1.29, 1.82) is 0 Å². The Bertz CT molecular complexity index is 1110. The standard InChI is InChI=1S/C21H22FN7O4/c1-32-13-18(30)29-10-8-28(9-11-29)17-7-6-14(12-23-17)24-19(31)20-26-27-21(33-20)25-16-5-3-2-4-15(16)22/h2-7,12H,8-11,13H2,1H3,(H,24,31)(H,25,27). The number of amides is 2. The highest BCUT2D eigenvalue weighted by atomic mass is 19.1. The minimum absolute atomic E-state index is 0.0311. The number of halogens is 1. The Balaban J connectivity index is 1.31. The molecule has 0 atom stereocenters. The Morgan fingerprint density at radius 2 is 1.91 bits per heavy atom. The molecule has 1 fully saturated rings. The van der Waals surface area contributed by atoms with Crippen LogP contribution in [0.2, 0.25) is 0 Å². The van der Waals surface area contributed by atoms with Gasteiger partial charge in [0.05, 0.1) is 17.6 Å². The molecule has 2 N–H and O–H groups in total. The summed E-state index contributed by atoms with van der Waals surface area (Å²) in [6, 6.07) is 9.36. The predicted molar refractivity (Wildman–Crippen MR) is 117 cm³/mol. The van der Waals surface area contributed by atoms with Crippen molar-refractivity contribution in [3.05, 3.63) is 54.3 Å². The van der Waals surface area contributed by atoms with Gasteiger partial charge in [-0.1, -0.05) is 17.2 Å². The van der Waals surface area contributed by atoms with Crippen LogP contribution in [-0.2, 0) is 9.53 Å². The number of pyridine rings is 1. The number of para-hydroxylation sites is 1. The summed E-state index contributed by atoms with van der Waals surface area (Å²) < 4.78 is 23.9. The van der Waals surface area contributed by atoms with Crippen LogP contribution in [0, 0.1) is 5.82 Å². The van der Waals surface area contributed by atoms with Gasteiger partial charge in [-0.25, -0.2) is 9.37 Å². The number of anilines is 4. The summed E-state index contributed by atoms with van der Waals surface area (Å²) in [7, 11) is 1.50. The molecular weight excluding hydrogens is 433 g/mol. The molecule has 1 aromatic carbocycles. The van der Waals surface area contributed by atoms with E-state index in [0.717, 1.165) is 5.82 Å². The normalized spacial score (nSPS) is 13.6. The van der Waals surface area contributed by atoms with Crippen LogP contribution in [0.25, 0.3) is 0 Å². The Hall–Kier alpha value is -4.06. The Morgan fingerprint density at radius 3 is 2.61 bits per heavy atom. The van der Waals surface area contributed by atoms with Crippen molar-refractivity contribution in [2.45, 2.75) is 0 Å². The Labute approximate surface area is 188 Å². The summed E-state index contributed by atoms with van der Waals surface area (Å²) in [6.07, 6.45) is 1.52. The van der Waals surface area contributed by atoms with E-state index in [1.54, 1.807) is 29.2 Å². The van der Waals surface area contributed by atoms with Crippen LogP contribution in [-0.4, -0.2) is 71.8 Å². The van der Waals surface area contributed by atoms with Gasteiger partial charge in [0.25, 0.3) is 0 Å². The lowest BCUT2D eigenvalue weighted by Crippen LogP contribution is -2.49. The third-order valence-electron chi connectivity index (χ3n) is 4.96. The first-order valence-electron chi connectivity index (χ1n) is 10.2. The smallest absolute Gasteiger partial charge is 0.320 e. The first-order chi connectivity index (χ1) is 16.0. The Kier molecular flexibility index (Phi) is 6.74. The molecule has 12 heteroatoms. The number of rotatable bonds is 7. The van der Waals surface area contributed by atoms with E-state index in [0.29, 0.717) is 31.9 Å². The lowest BCUT2D eigenvalue weighted by Gasteiger charge is -2.35. The fraction of sp³-hybridized carbons (Fsp3) is 0.286. The van der Waals surface area contributed by atoms with Crippen molar-refractivity contribution in [3.8, 4) is 0 Å². The van der Waals surface area contributed by atoms with E-state index in [-0.39, 0.29) is 30.1 Å². The van der Waals surface area contributed by atoms with Crippen LogP contribution < -0.4 is 15.5 Å². The number of nitrogens with zero attached hydrogens (tertiary/aromatic N) is 5. The highest BCUT2D eigenvalue weighted by molar-refractivity contribution is 6.00. The van der Waals surface area contributed by atoms with Crippen LogP contribution in [0.1, 0.15) is 10.7 Å². The number of methoxy groups -OCH3 is 1. The molecule has 0 saturated carbocycles. The third kappa shape index (κ3) is 5.41. The maximum absolute atomic E-state index is 13.7. The molecule has 3 aromatic rings. The molecule has 4 rings (SSSR count). The van der Waals surface area contributed by atoms with Gasteiger partial charge in [-0.15, -0.1) is 5.10 Å². The van der Waals surface area contributed by atoms with E-state index in [2.05, 4.69) is 30.7 Å². The van der Waals surface area contributed by atoms with Gasteiger partial charge in [0, 0.05) is 33.3 Å². The number of carbonyl (C=O) groups excluding carboxylic acids is 2. The number of aromatic nitrogens is 3. The zero-order valence-corrected chi connectivity index (χ0v) is 17.8. The van der Waals surface area contributed by atoms with E-state index in [1.807, 2.05) is 0 Å². The first kappa shape index (κ1) is 22.1. The molecule has 0 unspecified atom stereocenters. The van der Waals surface area contributed by atoms with Crippen molar-refractivity contribution in [2.24, 2.45) is 0 Å². The molecule has 0 aliphatic carbocycles. The first-order valence-corrected chi connectivity index (χ1v) is 10.2. The molecule has 1 saturated heterocycles. The summed E-state index contributed by atoms with van der Waals surface area (Å²) in [4.78, 5) is 32.5. The van der Waals surface area contributed by atoms with Crippen molar-refractivity contribution >= 4 is 35.0 Å². The molecule has 2 amide bonds. The zero-order chi connectivity index (χ0) is 23.2. The maximum atomic E-state index is 13.7. The van der Waals surface area contributed by atoms with Gasteiger partial charge < -0.3 is 29.6 Å². The van der Waals surface area contributed by atoms with E-state index >= 15 is 0 Å². The average Bonchev–Trinajstić information content (AvgIpc) is 3.30. The van der Waals surface area contributed by atoms with E-state index in [1.165, 1.54) is 25.4 Å². The summed E-state index contributed by atoms with van der Waals surface area (Å²) in [6.45, 7) is 2.54. The second kappa shape index (κ2) is 10.0. The number of carbonyl (C=O) groups is 2. The quantitative estimate of drug-likeness (QED) is 0.549. The second-order valence-electron chi connectivity index (χ2n) is 7.18. The fourth-order valence-corrected chi connectivity index (χ4v) is 3.27. The van der Waals surface area contributed by atoms with Crippen LogP contribution in [0.4, 0.5) is 27.6 Å². The summed E-state index contributed by atoms with van der Waals surface area (Å²) in [5, 5.41) is 12.6. The molecule has 0 bridgehead atoms. The van der Waals surface area contributed by atoms with Crippen molar-refractivity contribution < 1.29 is 23.1 Å². The maximum Gasteiger partial charge on any atom is 0.320 e. The van der Waals surface area contributed by atoms with Gasteiger partial charge >= 0.3 is 17.8 Å². The fourth-order valence-electron chi connectivity index (χ4n) is 3.27. The van der Waals surface area contributed by atoms with Gasteiger partial charge in [-0.2, -0.15) is 0 Å². The van der Waals surface area contributed by atoms with Gasteiger partial charge in [-0.3, -0.25) is 9.59 Å². The number of benzene rings is 1. The molecule has 0 radical (unpaired) electrons. The van der Waals surface area contributed by atoms with Crippen LogP contribution in [0.15, 0.2) is 47.0 Å². The highest BCUT2D eigenvalue weighted by Gasteiger charge is 2.22.